The monoisotopic (exact) mass is 416 g/mol. The van der Waals surface area contributed by atoms with Gasteiger partial charge in [-0.25, -0.2) is 13.4 Å². The van der Waals surface area contributed by atoms with E-state index < -0.39 is 10.0 Å². The van der Waals surface area contributed by atoms with Gasteiger partial charge in [-0.2, -0.15) is 10.5 Å². The van der Waals surface area contributed by atoms with E-state index in [1.807, 2.05) is 12.1 Å². The van der Waals surface area contributed by atoms with Crippen molar-refractivity contribution in [1.29, 1.82) is 10.5 Å². The smallest absolute Gasteiger partial charge is 0.263 e. The largest absolute Gasteiger partial charge is 0.456 e. The summed E-state index contributed by atoms with van der Waals surface area (Å²) in [5.41, 5.74) is 1.81. The Kier molecular flexibility index (Phi) is 5.28. The minimum absolute atomic E-state index is 0.0247. The first-order valence-corrected chi connectivity index (χ1v) is 10.1. The third-order valence-electron chi connectivity index (χ3n) is 3.34. The predicted octanol–water partition coefficient (Wildman–Crippen LogP) is 4.13. The summed E-state index contributed by atoms with van der Waals surface area (Å²) in [5.74, 6) is 0.670. The predicted molar refractivity (Wildman–Crippen MR) is 100 cm³/mol. The van der Waals surface area contributed by atoms with Crippen LogP contribution < -0.4 is 9.46 Å². The highest BCUT2D eigenvalue weighted by Crippen LogP contribution is 2.30. The van der Waals surface area contributed by atoms with Crippen molar-refractivity contribution in [1.82, 2.24) is 4.98 Å². The lowest BCUT2D eigenvalue weighted by Gasteiger charge is -2.10. The Morgan fingerprint density at radius 2 is 1.89 bits per heavy atom. The van der Waals surface area contributed by atoms with Crippen molar-refractivity contribution in [3.63, 3.8) is 0 Å². The maximum atomic E-state index is 12.4. The van der Waals surface area contributed by atoms with E-state index >= 15 is 0 Å². The number of thiazole rings is 1. The molecule has 3 rings (SSSR count). The first kappa shape index (κ1) is 18.7. The molecule has 0 saturated heterocycles. The van der Waals surface area contributed by atoms with Crippen molar-refractivity contribution < 1.29 is 13.2 Å². The number of ether oxygens (including phenoxy) is 1. The molecule has 1 aromatic heterocycles. The molecule has 0 amide bonds. The van der Waals surface area contributed by atoms with Crippen LogP contribution in [0.5, 0.6) is 11.5 Å². The number of benzene rings is 2. The third kappa shape index (κ3) is 4.18. The fraction of sp³-hybridized carbons (Fsp3) is 0. The van der Waals surface area contributed by atoms with Crippen LogP contribution in [-0.2, 0) is 10.0 Å². The molecule has 0 bridgehead atoms. The molecule has 0 aliphatic rings. The zero-order valence-electron chi connectivity index (χ0n) is 13.4. The number of anilines is 1. The molecule has 0 atom stereocenters. The van der Waals surface area contributed by atoms with Crippen LogP contribution in [0.15, 0.2) is 52.2 Å². The quantitative estimate of drug-likeness (QED) is 0.668. The first-order chi connectivity index (χ1) is 12.9. The van der Waals surface area contributed by atoms with Gasteiger partial charge >= 0.3 is 0 Å². The Hall–Kier alpha value is -3.11. The van der Waals surface area contributed by atoms with Gasteiger partial charge < -0.3 is 4.74 Å². The molecule has 134 valence electrons. The summed E-state index contributed by atoms with van der Waals surface area (Å²) in [6.07, 6.45) is 0. The second kappa shape index (κ2) is 7.64. The van der Waals surface area contributed by atoms with Gasteiger partial charge in [0.05, 0.1) is 26.6 Å². The van der Waals surface area contributed by atoms with Gasteiger partial charge in [0, 0.05) is 11.4 Å². The van der Waals surface area contributed by atoms with E-state index in [0.717, 1.165) is 0 Å². The van der Waals surface area contributed by atoms with Crippen LogP contribution in [0.3, 0.4) is 0 Å². The van der Waals surface area contributed by atoms with Gasteiger partial charge in [0.2, 0.25) is 0 Å². The number of hydrogen-bond donors (Lipinski definition) is 1. The molecule has 3 aromatic rings. The second-order valence-electron chi connectivity index (χ2n) is 5.10. The maximum Gasteiger partial charge on any atom is 0.263 e. The van der Waals surface area contributed by atoms with Crippen molar-refractivity contribution in [3.05, 3.63) is 63.4 Å². The summed E-state index contributed by atoms with van der Waals surface area (Å²) in [6.45, 7) is 0. The topological polar surface area (TPSA) is 116 Å². The Morgan fingerprint density at radius 3 is 2.52 bits per heavy atom. The molecule has 0 unspecified atom stereocenters. The van der Waals surface area contributed by atoms with Crippen LogP contribution in [-0.4, -0.2) is 13.4 Å². The van der Waals surface area contributed by atoms with Gasteiger partial charge in [0.15, 0.2) is 5.82 Å². The van der Waals surface area contributed by atoms with E-state index in [2.05, 4.69) is 9.71 Å². The molecular weight excluding hydrogens is 408 g/mol. The molecule has 7 nitrogen and oxygen atoms in total. The van der Waals surface area contributed by atoms with Crippen molar-refractivity contribution in [3.8, 4) is 23.6 Å². The fourth-order valence-electron chi connectivity index (χ4n) is 2.09. The summed E-state index contributed by atoms with van der Waals surface area (Å²) >= 11 is 7.21. The number of nitrogens with zero attached hydrogens (tertiary/aromatic N) is 3. The Morgan fingerprint density at radius 1 is 1.11 bits per heavy atom. The molecule has 0 spiro atoms. The van der Waals surface area contributed by atoms with E-state index in [-0.39, 0.29) is 27.0 Å². The molecule has 0 radical (unpaired) electrons. The molecule has 0 aliphatic carbocycles. The number of rotatable bonds is 5. The fourth-order valence-corrected chi connectivity index (χ4v) is 3.89. The van der Waals surface area contributed by atoms with Gasteiger partial charge in [-0.05, 0) is 30.3 Å². The number of hydrogen-bond acceptors (Lipinski definition) is 7. The van der Waals surface area contributed by atoms with Crippen LogP contribution in [0.25, 0.3) is 0 Å². The Labute approximate surface area is 164 Å². The molecule has 0 fully saturated rings. The van der Waals surface area contributed by atoms with Crippen molar-refractivity contribution in [2.24, 2.45) is 0 Å². The summed E-state index contributed by atoms with van der Waals surface area (Å²) in [4.78, 5) is 3.77. The SMILES string of the molecule is N#Cc1ccc(Oc2ccc(S(=O)(=O)Nc3cscn3)cc2C#N)cc1Cl. The average molecular weight is 417 g/mol. The van der Waals surface area contributed by atoms with Crippen LogP contribution in [0.1, 0.15) is 11.1 Å². The lowest BCUT2D eigenvalue weighted by molar-refractivity contribution is 0.480. The molecule has 0 aliphatic heterocycles. The van der Waals surface area contributed by atoms with Gasteiger partial charge in [-0.3, -0.25) is 4.72 Å². The molecular formula is C17H9ClN4O3S2. The molecule has 1 heterocycles. The zero-order valence-corrected chi connectivity index (χ0v) is 15.8. The van der Waals surface area contributed by atoms with Gasteiger partial charge in [0.25, 0.3) is 10.0 Å². The minimum Gasteiger partial charge on any atom is -0.456 e. The number of sulfonamides is 1. The molecule has 27 heavy (non-hydrogen) atoms. The van der Waals surface area contributed by atoms with Crippen LogP contribution in [0, 0.1) is 22.7 Å². The third-order valence-corrected chi connectivity index (χ3v) is 5.59. The highest BCUT2D eigenvalue weighted by atomic mass is 35.5. The summed E-state index contributed by atoms with van der Waals surface area (Å²) < 4.78 is 32.8. The highest BCUT2D eigenvalue weighted by molar-refractivity contribution is 7.92. The molecule has 10 heteroatoms. The number of nitriles is 2. The van der Waals surface area contributed by atoms with Crippen molar-refractivity contribution in [2.75, 3.05) is 4.72 Å². The Balaban J connectivity index is 1.90. The van der Waals surface area contributed by atoms with Gasteiger partial charge in [-0.1, -0.05) is 11.6 Å². The van der Waals surface area contributed by atoms with E-state index in [1.165, 1.54) is 53.2 Å². The number of nitrogens with one attached hydrogen (secondary N) is 1. The zero-order chi connectivity index (χ0) is 19.4. The number of halogens is 1. The van der Waals surface area contributed by atoms with E-state index in [4.69, 9.17) is 21.6 Å². The standard InChI is InChI=1S/C17H9ClN4O3S2/c18-15-6-13(2-1-11(15)7-19)25-16-4-3-14(5-12(16)8-20)27(23,24)22-17-9-26-10-21-17/h1-6,9-10,22H. The lowest BCUT2D eigenvalue weighted by atomic mass is 10.2. The van der Waals surface area contributed by atoms with Gasteiger partial charge in [-0.15, -0.1) is 11.3 Å². The molecule has 2 aromatic carbocycles. The van der Waals surface area contributed by atoms with E-state index in [0.29, 0.717) is 11.3 Å². The van der Waals surface area contributed by atoms with Crippen LogP contribution >= 0.6 is 22.9 Å². The van der Waals surface area contributed by atoms with Crippen LogP contribution in [0.2, 0.25) is 5.02 Å². The molecule has 0 saturated carbocycles. The summed E-state index contributed by atoms with van der Waals surface area (Å²) in [6, 6.07) is 12.2. The van der Waals surface area contributed by atoms with E-state index in [1.54, 1.807) is 5.38 Å². The van der Waals surface area contributed by atoms with E-state index in [9.17, 15) is 13.7 Å². The van der Waals surface area contributed by atoms with Crippen molar-refractivity contribution >= 4 is 38.8 Å². The minimum atomic E-state index is -3.89. The summed E-state index contributed by atoms with van der Waals surface area (Å²) in [7, 11) is -3.89. The van der Waals surface area contributed by atoms with Crippen molar-refractivity contribution in [2.45, 2.75) is 4.90 Å². The highest BCUT2D eigenvalue weighted by Gasteiger charge is 2.18. The lowest BCUT2D eigenvalue weighted by Crippen LogP contribution is -2.13. The maximum absolute atomic E-state index is 12.4. The first-order valence-electron chi connectivity index (χ1n) is 7.25. The van der Waals surface area contributed by atoms with Crippen LogP contribution in [0.4, 0.5) is 5.82 Å². The molecule has 1 N–H and O–H groups in total. The number of aromatic nitrogens is 1. The van der Waals surface area contributed by atoms with Gasteiger partial charge in [0.1, 0.15) is 23.6 Å². The second-order valence-corrected chi connectivity index (χ2v) is 7.91. The Bertz CT molecular complexity index is 1180. The average Bonchev–Trinajstić information content (AvgIpc) is 3.14. The summed E-state index contributed by atoms with van der Waals surface area (Å²) in [5, 5.41) is 20.0. The normalized spacial score (nSPS) is 10.6.